The molecule has 0 aliphatic heterocycles. The number of nitrogens with zero attached hydrogens (tertiary/aromatic N) is 9. The number of halogens is 3. The van der Waals surface area contributed by atoms with E-state index in [-0.39, 0.29) is 17.8 Å². The van der Waals surface area contributed by atoms with Crippen molar-refractivity contribution in [2.75, 3.05) is 18.9 Å². The van der Waals surface area contributed by atoms with Gasteiger partial charge in [-0.1, -0.05) is 59.9 Å². The van der Waals surface area contributed by atoms with Gasteiger partial charge in [0.25, 0.3) is 5.91 Å². The molecule has 78 heavy (non-hydrogen) atoms. The second-order valence-corrected chi connectivity index (χ2v) is 19.3. The average Bonchev–Trinajstić information content (AvgIpc) is 4.13. The molecule has 1 amide bonds. The quantitative estimate of drug-likeness (QED) is 0.0970. The molecule has 0 radical (unpaired) electrons. The van der Waals surface area contributed by atoms with E-state index < -0.39 is 0 Å². The monoisotopic (exact) mass is 1110 g/mol. The number of benzene rings is 3. The summed E-state index contributed by atoms with van der Waals surface area (Å²) in [7, 11) is 0. The van der Waals surface area contributed by atoms with Crippen molar-refractivity contribution in [1.82, 2.24) is 55.0 Å². The highest BCUT2D eigenvalue weighted by atomic mass is 35.5. The Morgan fingerprint density at radius 3 is 1.51 bits per heavy atom. The Hall–Kier alpha value is -8.25. The number of anilines is 1. The molecule has 0 aliphatic carbocycles. The second kappa shape index (κ2) is 26.7. The predicted octanol–water partition coefficient (Wildman–Crippen LogP) is 11.9. The fourth-order valence-electron chi connectivity index (χ4n) is 8.27. The Kier molecular flexibility index (Phi) is 19.7. The number of H-pyrrole nitrogens is 1. The lowest BCUT2D eigenvalue weighted by molar-refractivity contribution is 0.0515. The molecule has 0 unspecified atom stereocenters. The first kappa shape index (κ1) is 57.5. The van der Waals surface area contributed by atoms with Gasteiger partial charge in [0.2, 0.25) is 0 Å². The first-order chi connectivity index (χ1) is 37.4. The zero-order valence-electron chi connectivity index (χ0n) is 44.5. The Labute approximate surface area is 466 Å². The summed E-state index contributed by atoms with van der Waals surface area (Å²) in [6.45, 7) is 17.2. The maximum atomic E-state index is 12.8. The molecule has 10 rings (SSSR count). The first-order valence-corrected chi connectivity index (χ1v) is 26.1. The highest BCUT2D eigenvalue weighted by molar-refractivity contribution is 6.31. The lowest BCUT2D eigenvalue weighted by Crippen LogP contribution is -2.24. The molecule has 7 heterocycles. The number of rotatable bonds is 12. The summed E-state index contributed by atoms with van der Waals surface area (Å²) >= 11 is 17.9. The van der Waals surface area contributed by atoms with Crippen molar-refractivity contribution in [1.29, 1.82) is 0 Å². The number of aromatic nitrogens is 10. The van der Waals surface area contributed by atoms with Crippen LogP contribution in [0, 0.1) is 34.6 Å². The molecular weight excluding hydrogens is 1050 g/mol. The number of ether oxygens (including phenoxy) is 2. The Balaban J connectivity index is 0.000000164. The van der Waals surface area contributed by atoms with Crippen LogP contribution in [0.5, 0.6) is 0 Å². The molecule has 20 heteroatoms. The number of aromatic amines is 1. The van der Waals surface area contributed by atoms with Crippen LogP contribution < -0.4 is 11.1 Å². The van der Waals surface area contributed by atoms with Gasteiger partial charge >= 0.3 is 11.9 Å². The molecule has 0 aliphatic rings. The van der Waals surface area contributed by atoms with E-state index >= 15 is 0 Å². The van der Waals surface area contributed by atoms with Gasteiger partial charge in [-0.05, 0) is 143 Å². The van der Waals surface area contributed by atoms with E-state index in [0.717, 1.165) is 72.8 Å². The van der Waals surface area contributed by atoms with Crippen molar-refractivity contribution in [3.8, 4) is 0 Å². The van der Waals surface area contributed by atoms with Crippen molar-refractivity contribution in [2.45, 2.75) is 81.4 Å². The van der Waals surface area contributed by atoms with E-state index in [9.17, 15) is 14.4 Å². The lowest BCUT2D eigenvalue weighted by Gasteiger charge is -2.11. The molecule has 0 saturated carbocycles. The van der Waals surface area contributed by atoms with E-state index in [0.29, 0.717) is 81.8 Å². The van der Waals surface area contributed by atoms with Gasteiger partial charge in [0, 0.05) is 65.1 Å². The normalized spacial score (nSPS) is 10.8. The molecule has 10 aromatic rings. The van der Waals surface area contributed by atoms with Crippen LogP contribution in [0.4, 0.5) is 5.82 Å². The second-order valence-electron chi connectivity index (χ2n) is 18.0. The van der Waals surface area contributed by atoms with Crippen LogP contribution in [0.25, 0.3) is 32.7 Å². The number of hydrogen-bond donors (Lipinski definition) is 3. The summed E-state index contributed by atoms with van der Waals surface area (Å²) in [5.74, 6) is -0.354. The molecule has 3 aromatic carbocycles. The number of hydrogen-bond acceptors (Lipinski definition) is 13. The van der Waals surface area contributed by atoms with Gasteiger partial charge in [-0.3, -0.25) is 34.2 Å². The molecule has 17 nitrogen and oxygen atoms in total. The van der Waals surface area contributed by atoms with Crippen molar-refractivity contribution in [3.05, 3.63) is 198 Å². The molecular formula is C58H59Cl3N12O5. The van der Waals surface area contributed by atoms with Crippen molar-refractivity contribution >= 4 is 91.2 Å². The highest BCUT2D eigenvalue weighted by Crippen LogP contribution is 2.23. The van der Waals surface area contributed by atoms with E-state index in [1.54, 1.807) is 68.0 Å². The fraction of sp³-hybridized carbons (Fsp3) is 0.241. The van der Waals surface area contributed by atoms with Crippen LogP contribution in [-0.4, -0.2) is 80.8 Å². The summed E-state index contributed by atoms with van der Waals surface area (Å²) in [5.41, 5.74) is 18.4. The third kappa shape index (κ3) is 15.2. The van der Waals surface area contributed by atoms with Crippen LogP contribution in [0.3, 0.4) is 0 Å². The van der Waals surface area contributed by atoms with Crippen LogP contribution in [0.1, 0.15) is 102 Å². The summed E-state index contributed by atoms with van der Waals surface area (Å²) in [6, 6.07) is 25.7. The topological polar surface area (TPSA) is 224 Å². The smallest absolute Gasteiger partial charge is 0.341 e. The van der Waals surface area contributed by atoms with Gasteiger partial charge in [0.15, 0.2) is 0 Å². The van der Waals surface area contributed by atoms with E-state index in [2.05, 4.69) is 64.7 Å². The number of nitrogens with one attached hydrogen (secondary N) is 2. The van der Waals surface area contributed by atoms with Gasteiger partial charge in [-0.15, -0.1) is 0 Å². The summed E-state index contributed by atoms with van der Waals surface area (Å²) in [5, 5.41) is 23.2. The van der Waals surface area contributed by atoms with Gasteiger partial charge in [-0.2, -0.15) is 15.3 Å². The minimum Gasteiger partial charge on any atom is -0.462 e. The zero-order chi connectivity index (χ0) is 56.0. The minimum absolute atomic E-state index is 0.172. The SMILES string of the molecule is CCOC(=O)c1cn(Cc2ccc3ncc(Cl)cc3c2)nc1C.CCOC(=O)c1cn[nH]c1C.CCc1ccc2ncc(Cl)cc2c1.Cc1cc(N)nc(C)c1CNC(=O)c1cn(Cc2ccc3ncc(Cl)cc3c2)nc1C. The maximum Gasteiger partial charge on any atom is 0.341 e. The Morgan fingerprint density at radius 1 is 0.590 bits per heavy atom. The third-order valence-corrected chi connectivity index (χ3v) is 12.8. The largest absolute Gasteiger partial charge is 0.462 e. The minimum atomic E-state index is -0.342. The van der Waals surface area contributed by atoms with Crippen molar-refractivity contribution in [2.24, 2.45) is 0 Å². The Morgan fingerprint density at radius 2 is 1.05 bits per heavy atom. The van der Waals surface area contributed by atoms with Crippen LogP contribution in [0.15, 0.2) is 116 Å². The number of carbonyl (C=O) groups excluding carboxylic acids is 3. The summed E-state index contributed by atoms with van der Waals surface area (Å²) in [6.07, 6.45) is 10.9. The number of carbonyl (C=O) groups is 3. The average molecular weight is 1110 g/mol. The molecule has 7 aromatic heterocycles. The number of nitrogens with two attached hydrogens (primary N) is 1. The van der Waals surface area contributed by atoms with Gasteiger partial charge in [0.05, 0.1) is 81.1 Å². The van der Waals surface area contributed by atoms with E-state index in [1.165, 1.54) is 11.8 Å². The number of nitrogen functional groups attached to an aromatic ring is 1. The standard InChI is InChI=1S/C23H23ClN6O.C17H16ClN3O2.C11H10ClN.C7H10N2O2/c1-13-6-22(25)28-14(2)19(13)10-27-23(31)20-12-30(29-15(20)3)11-16-4-5-21-17(7-16)8-18(24)9-26-21;1-3-23-17(22)15-10-21(20-11(15)2)9-12-4-5-16-13(6-12)7-14(18)8-19-16;1-2-8-3-4-11-9(5-8)6-10(12)7-13-11;1-3-11-7(10)6-4-8-9-5(6)2/h4-9,12H,10-11H2,1-3H3,(H2,25,28)(H,27,31);4-8,10H,3,9H2,1-2H3;3-7H,2H2,1H3;4H,3H2,1-2H3,(H,8,9). The van der Waals surface area contributed by atoms with Gasteiger partial charge in [0.1, 0.15) is 16.9 Å². The number of fused-ring (bicyclic) bond motifs is 3. The molecule has 0 spiro atoms. The first-order valence-electron chi connectivity index (χ1n) is 25.0. The Bertz CT molecular complexity index is 3740. The molecule has 0 atom stereocenters. The number of amides is 1. The van der Waals surface area contributed by atoms with Crippen molar-refractivity contribution in [3.63, 3.8) is 0 Å². The zero-order valence-corrected chi connectivity index (χ0v) is 46.8. The van der Waals surface area contributed by atoms with Gasteiger partial charge in [-0.25, -0.2) is 14.6 Å². The number of pyridine rings is 4. The van der Waals surface area contributed by atoms with Crippen molar-refractivity contribution < 1.29 is 23.9 Å². The van der Waals surface area contributed by atoms with E-state index in [1.807, 2.05) is 87.5 Å². The molecule has 4 N–H and O–H groups in total. The number of aryl methyl sites for hydroxylation is 6. The lowest BCUT2D eigenvalue weighted by atomic mass is 10.1. The van der Waals surface area contributed by atoms with Crippen LogP contribution >= 0.6 is 34.8 Å². The van der Waals surface area contributed by atoms with Crippen LogP contribution in [-0.2, 0) is 35.5 Å². The van der Waals surface area contributed by atoms with E-state index in [4.69, 9.17) is 50.0 Å². The van der Waals surface area contributed by atoms with Crippen LogP contribution in [0.2, 0.25) is 15.1 Å². The molecule has 402 valence electrons. The molecule has 0 bridgehead atoms. The molecule has 0 fully saturated rings. The summed E-state index contributed by atoms with van der Waals surface area (Å²) < 4.78 is 13.3. The maximum absolute atomic E-state index is 12.8. The highest BCUT2D eigenvalue weighted by Gasteiger charge is 2.17. The third-order valence-electron chi connectivity index (χ3n) is 12.2. The fourth-order valence-corrected chi connectivity index (χ4v) is 8.77. The molecule has 0 saturated heterocycles. The predicted molar refractivity (Wildman–Crippen MR) is 306 cm³/mol. The summed E-state index contributed by atoms with van der Waals surface area (Å²) in [4.78, 5) is 52.8. The van der Waals surface area contributed by atoms with Gasteiger partial charge < -0.3 is 20.5 Å². The number of esters is 2.